The quantitative estimate of drug-likeness (QED) is 0.593. The third kappa shape index (κ3) is 6.99. The lowest BCUT2D eigenvalue weighted by Crippen LogP contribution is -2.48. The summed E-state index contributed by atoms with van der Waals surface area (Å²) in [5.74, 6) is 0.640. The lowest BCUT2D eigenvalue weighted by atomic mass is 10.2. The molecule has 0 aromatic rings. The summed E-state index contributed by atoms with van der Waals surface area (Å²) in [6.07, 6.45) is 0. The maximum absolute atomic E-state index is 5.61. The van der Waals surface area contributed by atoms with Crippen molar-refractivity contribution in [2.24, 2.45) is 5.92 Å². The Bertz CT molecular complexity index is 180. The molecule has 4 nitrogen and oxygen atoms in total. The molecule has 0 aromatic heterocycles. The summed E-state index contributed by atoms with van der Waals surface area (Å²) in [6.45, 7) is 13.8. The first-order chi connectivity index (χ1) is 8.22. The summed E-state index contributed by atoms with van der Waals surface area (Å²) in [5.41, 5.74) is 0. The zero-order valence-corrected chi connectivity index (χ0v) is 11.7. The molecule has 4 heteroatoms. The first-order valence-corrected chi connectivity index (χ1v) is 6.73. The molecule has 1 rings (SSSR count). The molecule has 0 radical (unpaired) electrons. The SMILES string of the molecule is COCCN1CCN(CCOCC(C)C)CC1. The van der Waals surface area contributed by atoms with Crippen LogP contribution in [-0.4, -0.2) is 76.0 Å². The second-order valence-corrected chi connectivity index (χ2v) is 5.14. The molecule has 0 bridgehead atoms. The monoisotopic (exact) mass is 244 g/mol. The summed E-state index contributed by atoms with van der Waals surface area (Å²) in [7, 11) is 1.77. The summed E-state index contributed by atoms with van der Waals surface area (Å²) < 4.78 is 10.7. The molecule has 1 fully saturated rings. The summed E-state index contributed by atoms with van der Waals surface area (Å²) in [5, 5.41) is 0. The zero-order chi connectivity index (χ0) is 12.5. The Morgan fingerprint density at radius 2 is 1.47 bits per heavy atom. The highest BCUT2D eigenvalue weighted by molar-refractivity contribution is 4.71. The van der Waals surface area contributed by atoms with Crippen molar-refractivity contribution in [1.82, 2.24) is 9.80 Å². The number of nitrogens with zero attached hydrogens (tertiary/aromatic N) is 2. The Labute approximate surface area is 106 Å². The fraction of sp³-hybridized carbons (Fsp3) is 1.00. The number of piperazine rings is 1. The second kappa shape index (κ2) is 8.86. The average Bonchev–Trinajstić information content (AvgIpc) is 2.33. The van der Waals surface area contributed by atoms with Crippen LogP contribution in [0.1, 0.15) is 13.8 Å². The van der Waals surface area contributed by atoms with Gasteiger partial charge in [0.15, 0.2) is 0 Å². The van der Waals surface area contributed by atoms with Crippen molar-refractivity contribution >= 4 is 0 Å². The minimum absolute atomic E-state index is 0.640. The third-order valence-corrected chi connectivity index (χ3v) is 3.08. The maximum Gasteiger partial charge on any atom is 0.0593 e. The van der Waals surface area contributed by atoms with E-state index in [1.165, 1.54) is 0 Å². The maximum atomic E-state index is 5.61. The first kappa shape index (κ1) is 14.9. The fourth-order valence-electron chi connectivity index (χ4n) is 1.97. The van der Waals surface area contributed by atoms with Crippen LogP contribution in [0.3, 0.4) is 0 Å². The third-order valence-electron chi connectivity index (χ3n) is 3.08. The van der Waals surface area contributed by atoms with E-state index in [-0.39, 0.29) is 0 Å². The van der Waals surface area contributed by atoms with Crippen LogP contribution in [0.15, 0.2) is 0 Å². The largest absolute Gasteiger partial charge is 0.383 e. The van der Waals surface area contributed by atoms with Crippen molar-refractivity contribution in [2.45, 2.75) is 13.8 Å². The van der Waals surface area contributed by atoms with Crippen molar-refractivity contribution in [1.29, 1.82) is 0 Å². The van der Waals surface area contributed by atoms with Crippen molar-refractivity contribution in [3.05, 3.63) is 0 Å². The van der Waals surface area contributed by atoms with Gasteiger partial charge in [-0.1, -0.05) is 13.8 Å². The molecule has 0 aromatic carbocycles. The molecule has 0 saturated carbocycles. The van der Waals surface area contributed by atoms with Crippen LogP contribution in [0.2, 0.25) is 0 Å². The van der Waals surface area contributed by atoms with Gasteiger partial charge in [0.1, 0.15) is 0 Å². The van der Waals surface area contributed by atoms with Gasteiger partial charge in [-0.25, -0.2) is 0 Å². The van der Waals surface area contributed by atoms with Crippen LogP contribution in [0.25, 0.3) is 0 Å². The van der Waals surface area contributed by atoms with Crippen LogP contribution in [0.4, 0.5) is 0 Å². The fourth-order valence-corrected chi connectivity index (χ4v) is 1.97. The first-order valence-electron chi connectivity index (χ1n) is 6.73. The molecular weight excluding hydrogens is 216 g/mol. The van der Waals surface area contributed by atoms with E-state index in [4.69, 9.17) is 9.47 Å². The number of hydrogen-bond donors (Lipinski definition) is 0. The summed E-state index contributed by atoms with van der Waals surface area (Å²) >= 11 is 0. The van der Waals surface area contributed by atoms with E-state index in [1.54, 1.807) is 7.11 Å². The number of rotatable bonds is 8. The molecule has 0 unspecified atom stereocenters. The van der Waals surface area contributed by atoms with E-state index in [2.05, 4.69) is 23.6 Å². The Balaban J connectivity index is 1.99. The van der Waals surface area contributed by atoms with Gasteiger partial charge in [-0.05, 0) is 5.92 Å². The molecule has 0 amide bonds. The van der Waals surface area contributed by atoms with Gasteiger partial charge in [-0.15, -0.1) is 0 Å². The predicted molar refractivity (Wildman–Crippen MR) is 70.4 cm³/mol. The van der Waals surface area contributed by atoms with E-state index < -0.39 is 0 Å². The molecule has 102 valence electrons. The van der Waals surface area contributed by atoms with Crippen LogP contribution in [-0.2, 0) is 9.47 Å². The number of methoxy groups -OCH3 is 1. The average molecular weight is 244 g/mol. The molecule has 17 heavy (non-hydrogen) atoms. The molecule has 1 aliphatic rings. The Morgan fingerprint density at radius 3 is 1.94 bits per heavy atom. The molecule has 0 aliphatic carbocycles. The van der Waals surface area contributed by atoms with Crippen LogP contribution in [0.5, 0.6) is 0 Å². The lowest BCUT2D eigenvalue weighted by Gasteiger charge is -2.34. The normalized spacial score (nSPS) is 19.1. The Morgan fingerprint density at radius 1 is 0.941 bits per heavy atom. The van der Waals surface area contributed by atoms with Gasteiger partial charge in [-0.2, -0.15) is 0 Å². The Hall–Kier alpha value is -0.160. The van der Waals surface area contributed by atoms with Gasteiger partial charge in [-0.3, -0.25) is 9.80 Å². The highest BCUT2D eigenvalue weighted by Crippen LogP contribution is 2.01. The summed E-state index contributed by atoms with van der Waals surface area (Å²) in [6, 6.07) is 0. The number of hydrogen-bond acceptors (Lipinski definition) is 4. The van der Waals surface area contributed by atoms with Crippen LogP contribution < -0.4 is 0 Å². The highest BCUT2D eigenvalue weighted by Gasteiger charge is 2.15. The van der Waals surface area contributed by atoms with Gasteiger partial charge in [0.2, 0.25) is 0 Å². The van der Waals surface area contributed by atoms with E-state index in [1.807, 2.05) is 0 Å². The minimum atomic E-state index is 0.640. The van der Waals surface area contributed by atoms with E-state index in [9.17, 15) is 0 Å². The van der Waals surface area contributed by atoms with Gasteiger partial charge in [0, 0.05) is 53.0 Å². The highest BCUT2D eigenvalue weighted by atomic mass is 16.5. The Kier molecular flexibility index (Phi) is 7.77. The van der Waals surface area contributed by atoms with Gasteiger partial charge in [0.05, 0.1) is 13.2 Å². The minimum Gasteiger partial charge on any atom is -0.383 e. The van der Waals surface area contributed by atoms with Gasteiger partial charge in [0.25, 0.3) is 0 Å². The van der Waals surface area contributed by atoms with E-state index in [0.717, 1.165) is 59.1 Å². The standard InChI is InChI=1S/C13H28N2O2/c1-13(2)12-17-11-9-15-6-4-14(5-7-15)8-10-16-3/h13H,4-12H2,1-3H3. The van der Waals surface area contributed by atoms with E-state index in [0.29, 0.717) is 5.92 Å². The molecule has 1 aliphatic heterocycles. The van der Waals surface area contributed by atoms with Crippen molar-refractivity contribution in [3.63, 3.8) is 0 Å². The van der Waals surface area contributed by atoms with Crippen molar-refractivity contribution < 1.29 is 9.47 Å². The van der Waals surface area contributed by atoms with Crippen LogP contribution >= 0.6 is 0 Å². The second-order valence-electron chi connectivity index (χ2n) is 5.14. The molecule has 0 N–H and O–H groups in total. The van der Waals surface area contributed by atoms with Gasteiger partial charge >= 0.3 is 0 Å². The molecule has 0 atom stereocenters. The molecule has 1 saturated heterocycles. The van der Waals surface area contributed by atoms with Gasteiger partial charge < -0.3 is 9.47 Å². The summed E-state index contributed by atoms with van der Waals surface area (Å²) in [4.78, 5) is 4.96. The topological polar surface area (TPSA) is 24.9 Å². The predicted octanol–water partition coefficient (Wildman–Crippen LogP) is 0.923. The van der Waals surface area contributed by atoms with Crippen molar-refractivity contribution in [2.75, 3.05) is 66.2 Å². The number of ether oxygens (including phenoxy) is 2. The molecular formula is C13H28N2O2. The molecule has 1 heterocycles. The zero-order valence-electron chi connectivity index (χ0n) is 11.7. The molecule has 0 spiro atoms. The smallest absolute Gasteiger partial charge is 0.0593 e. The van der Waals surface area contributed by atoms with Crippen molar-refractivity contribution in [3.8, 4) is 0 Å². The lowest BCUT2D eigenvalue weighted by molar-refractivity contribution is 0.0572. The van der Waals surface area contributed by atoms with E-state index >= 15 is 0 Å². The van der Waals surface area contributed by atoms with Crippen LogP contribution in [0, 0.1) is 5.92 Å².